The number of carbonyl (C=O) groups excluding carboxylic acids is 1. The minimum Gasteiger partial charge on any atom is -0.493 e. The van der Waals surface area contributed by atoms with Crippen molar-refractivity contribution >= 4 is 11.6 Å². The number of ether oxygens (including phenoxy) is 3. The molecule has 2 aliphatic carbocycles. The first-order chi connectivity index (χ1) is 12.1. The van der Waals surface area contributed by atoms with Crippen molar-refractivity contribution in [1.29, 1.82) is 0 Å². The first-order valence-electron chi connectivity index (χ1n) is 8.71. The summed E-state index contributed by atoms with van der Waals surface area (Å²) < 4.78 is 15.9. The smallest absolute Gasteiger partial charge is 0.271 e. The minimum absolute atomic E-state index is 0.290. The molecule has 136 valence electrons. The minimum atomic E-state index is -0.290. The zero-order valence-electron chi connectivity index (χ0n) is 15.3. The van der Waals surface area contributed by atoms with Crippen LogP contribution in [0.4, 0.5) is 0 Å². The topological polar surface area (TPSA) is 69.2 Å². The van der Waals surface area contributed by atoms with E-state index in [1.807, 2.05) is 6.92 Å². The predicted molar refractivity (Wildman–Crippen MR) is 95.6 cm³/mol. The van der Waals surface area contributed by atoms with Crippen LogP contribution in [0.15, 0.2) is 17.2 Å². The number of methoxy groups -OCH3 is 3. The summed E-state index contributed by atoms with van der Waals surface area (Å²) in [4.78, 5) is 12.5. The standard InChI is InChI=1S/C19H26N2O4/c1-11(15-8-12-5-6-13(15)7-12)20-21-19(22)14-9-16(23-2)18(25-4)17(10-14)24-3/h9-10,12-13,15H,5-8H2,1-4H3,(H,21,22)/b20-11+. The van der Waals surface area contributed by atoms with E-state index in [0.717, 1.165) is 17.5 Å². The van der Waals surface area contributed by atoms with Crippen LogP contribution in [0.2, 0.25) is 0 Å². The van der Waals surface area contributed by atoms with Gasteiger partial charge in [0.15, 0.2) is 11.5 Å². The maximum atomic E-state index is 12.5. The number of carbonyl (C=O) groups is 1. The Labute approximate surface area is 148 Å². The van der Waals surface area contributed by atoms with Crippen molar-refractivity contribution in [2.24, 2.45) is 22.9 Å². The molecule has 2 saturated carbocycles. The van der Waals surface area contributed by atoms with Gasteiger partial charge in [-0.05, 0) is 50.2 Å². The summed E-state index contributed by atoms with van der Waals surface area (Å²) in [6.07, 6.45) is 5.17. The van der Waals surface area contributed by atoms with Crippen molar-refractivity contribution in [3.63, 3.8) is 0 Å². The first kappa shape index (κ1) is 17.6. The van der Waals surface area contributed by atoms with Crippen LogP contribution in [0, 0.1) is 17.8 Å². The lowest BCUT2D eigenvalue weighted by Crippen LogP contribution is -2.24. The highest BCUT2D eigenvalue weighted by Crippen LogP contribution is 2.48. The van der Waals surface area contributed by atoms with Crippen LogP contribution in [0.1, 0.15) is 43.0 Å². The van der Waals surface area contributed by atoms with Gasteiger partial charge in [-0.3, -0.25) is 4.79 Å². The number of benzene rings is 1. The average Bonchev–Trinajstić information content (AvgIpc) is 3.27. The van der Waals surface area contributed by atoms with Gasteiger partial charge in [-0.15, -0.1) is 0 Å². The lowest BCUT2D eigenvalue weighted by atomic mass is 9.86. The fraction of sp³-hybridized carbons (Fsp3) is 0.579. The van der Waals surface area contributed by atoms with Crippen molar-refractivity contribution in [1.82, 2.24) is 5.43 Å². The van der Waals surface area contributed by atoms with Gasteiger partial charge in [-0.25, -0.2) is 5.43 Å². The van der Waals surface area contributed by atoms with Crippen molar-refractivity contribution < 1.29 is 19.0 Å². The maximum Gasteiger partial charge on any atom is 0.271 e. The summed E-state index contributed by atoms with van der Waals surface area (Å²) in [5.74, 6) is 3.17. The van der Waals surface area contributed by atoms with Crippen LogP contribution in [-0.4, -0.2) is 32.9 Å². The van der Waals surface area contributed by atoms with E-state index >= 15 is 0 Å². The van der Waals surface area contributed by atoms with Crippen LogP contribution in [0.3, 0.4) is 0 Å². The summed E-state index contributed by atoms with van der Waals surface area (Å²) in [6, 6.07) is 3.25. The SMILES string of the molecule is COc1cc(C(=O)N/N=C(\C)C2CC3CCC2C3)cc(OC)c1OC. The van der Waals surface area contributed by atoms with E-state index < -0.39 is 0 Å². The summed E-state index contributed by atoms with van der Waals surface area (Å²) >= 11 is 0. The van der Waals surface area contributed by atoms with Crippen LogP contribution >= 0.6 is 0 Å². The molecule has 3 unspecified atom stereocenters. The Balaban J connectivity index is 1.73. The second-order valence-corrected chi connectivity index (χ2v) is 6.89. The molecule has 2 bridgehead atoms. The molecule has 6 heteroatoms. The number of amides is 1. The maximum absolute atomic E-state index is 12.5. The van der Waals surface area contributed by atoms with Gasteiger partial charge in [-0.1, -0.05) is 6.42 Å². The fourth-order valence-corrected chi connectivity index (χ4v) is 4.25. The fourth-order valence-electron chi connectivity index (χ4n) is 4.25. The molecular formula is C19H26N2O4. The number of hydrogen-bond acceptors (Lipinski definition) is 5. The van der Waals surface area contributed by atoms with Crippen molar-refractivity contribution in [3.8, 4) is 17.2 Å². The largest absolute Gasteiger partial charge is 0.493 e. The van der Waals surface area contributed by atoms with Crippen LogP contribution in [0.5, 0.6) is 17.2 Å². The van der Waals surface area contributed by atoms with E-state index in [1.165, 1.54) is 47.0 Å². The number of nitrogens with one attached hydrogen (secondary N) is 1. The molecule has 6 nitrogen and oxygen atoms in total. The summed E-state index contributed by atoms with van der Waals surface area (Å²) in [5, 5.41) is 4.36. The number of fused-ring (bicyclic) bond motifs is 2. The Hall–Kier alpha value is -2.24. The summed E-state index contributed by atoms with van der Waals surface area (Å²) in [7, 11) is 4.58. The predicted octanol–water partition coefficient (Wildman–Crippen LogP) is 3.25. The molecule has 0 aromatic heterocycles. The van der Waals surface area contributed by atoms with E-state index in [1.54, 1.807) is 12.1 Å². The van der Waals surface area contributed by atoms with E-state index in [4.69, 9.17) is 14.2 Å². The Bertz CT molecular complexity index is 661. The molecule has 0 saturated heterocycles. The Kier molecular flexibility index (Phi) is 5.16. The number of hydrogen-bond donors (Lipinski definition) is 1. The molecular weight excluding hydrogens is 320 g/mol. The molecule has 2 aliphatic rings. The zero-order valence-corrected chi connectivity index (χ0v) is 15.3. The third-order valence-electron chi connectivity index (χ3n) is 5.54. The summed E-state index contributed by atoms with van der Waals surface area (Å²) in [5.41, 5.74) is 4.11. The van der Waals surface area contributed by atoms with Crippen molar-refractivity contribution in [2.45, 2.75) is 32.6 Å². The molecule has 0 radical (unpaired) electrons. The molecule has 1 N–H and O–H groups in total. The Morgan fingerprint density at radius 3 is 2.24 bits per heavy atom. The quantitative estimate of drug-likeness (QED) is 0.634. The summed E-state index contributed by atoms with van der Waals surface area (Å²) in [6.45, 7) is 2.01. The molecule has 3 atom stereocenters. The molecule has 0 heterocycles. The highest BCUT2D eigenvalue weighted by Gasteiger charge is 2.40. The zero-order chi connectivity index (χ0) is 18.0. The van der Waals surface area contributed by atoms with E-state index in [0.29, 0.717) is 28.7 Å². The third kappa shape index (κ3) is 3.43. The normalized spacial score (nSPS) is 25.0. The molecule has 25 heavy (non-hydrogen) atoms. The molecule has 3 rings (SSSR count). The van der Waals surface area contributed by atoms with Gasteiger partial charge in [0.2, 0.25) is 5.75 Å². The second-order valence-electron chi connectivity index (χ2n) is 6.89. The average molecular weight is 346 g/mol. The monoisotopic (exact) mass is 346 g/mol. The van der Waals surface area contributed by atoms with Gasteiger partial charge >= 0.3 is 0 Å². The van der Waals surface area contributed by atoms with Crippen LogP contribution < -0.4 is 19.6 Å². The molecule has 2 fully saturated rings. The Morgan fingerprint density at radius 1 is 1.08 bits per heavy atom. The van der Waals surface area contributed by atoms with Gasteiger partial charge in [-0.2, -0.15) is 5.10 Å². The molecule has 0 spiro atoms. The van der Waals surface area contributed by atoms with Crippen LogP contribution in [0.25, 0.3) is 0 Å². The first-order valence-corrected chi connectivity index (χ1v) is 8.71. The van der Waals surface area contributed by atoms with Gasteiger partial charge in [0.25, 0.3) is 5.91 Å². The number of rotatable bonds is 6. The van der Waals surface area contributed by atoms with E-state index in [2.05, 4.69) is 10.5 Å². The van der Waals surface area contributed by atoms with Gasteiger partial charge in [0.05, 0.1) is 21.3 Å². The number of hydrazone groups is 1. The second kappa shape index (κ2) is 7.33. The molecule has 1 aromatic rings. The van der Waals surface area contributed by atoms with Crippen LogP contribution in [-0.2, 0) is 0 Å². The molecule has 1 aromatic carbocycles. The third-order valence-corrected chi connectivity index (χ3v) is 5.54. The number of nitrogens with zero attached hydrogens (tertiary/aromatic N) is 1. The Morgan fingerprint density at radius 2 is 1.76 bits per heavy atom. The van der Waals surface area contributed by atoms with Crippen molar-refractivity contribution in [2.75, 3.05) is 21.3 Å². The molecule has 0 aliphatic heterocycles. The van der Waals surface area contributed by atoms with Gasteiger partial charge in [0.1, 0.15) is 0 Å². The van der Waals surface area contributed by atoms with Crippen molar-refractivity contribution in [3.05, 3.63) is 17.7 Å². The lowest BCUT2D eigenvalue weighted by molar-refractivity contribution is 0.0953. The lowest BCUT2D eigenvalue weighted by Gasteiger charge is -2.21. The highest BCUT2D eigenvalue weighted by molar-refractivity contribution is 5.96. The molecule has 1 amide bonds. The van der Waals surface area contributed by atoms with E-state index in [-0.39, 0.29) is 5.91 Å². The van der Waals surface area contributed by atoms with Gasteiger partial charge in [0, 0.05) is 17.2 Å². The highest BCUT2D eigenvalue weighted by atomic mass is 16.5. The van der Waals surface area contributed by atoms with Gasteiger partial charge < -0.3 is 14.2 Å². The van der Waals surface area contributed by atoms with E-state index in [9.17, 15) is 4.79 Å².